The molecule has 0 spiro atoms. The van der Waals surface area contributed by atoms with Crippen LogP contribution in [0.5, 0.6) is 0 Å². The number of fused-ring (bicyclic) bond motifs is 2. The Morgan fingerprint density at radius 2 is 1.63 bits per heavy atom. The first-order chi connectivity index (χ1) is 11.8. The van der Waals surface area contributed by atoms with Crippen LogP contribution in [0.25, 0.3) is 0 Å². The second-order valence-electron chi connectivity index (χ2n) is 8.45. The van der Waals surface area contributed by atoms with Crippen molar-refractivity contribution in [1.29, 1.82) is 0 Å². The van der Waals surface area contributed by atoms with Gasteiger partial charge in [-0.15, -0.1) is 24.8 Å². The maximum atomic E-state index is 12.7. The van der Waals surface area contributed by atoms with Crippen molar-refractivity contribution in [2.75, 3.05) is 31.6 Å². The Labute approximate surface area is 176 Å². The molecule has 160 valence electrons. The third kappa shape index (κ3) is 7.03. The van der Waals surface area contributed by atoms with E-state index in [2.05, 4.69) is 10.2 Å². The molecule has 3 aliphatic rings. The molecule has 6 nitrogen and oxygen atoms in total. The highest BCUT2D eigenvalue weighted by Crippen LogP contribution is 2.41. The maximum Gasteiger partial charge on any atom is 0.223 e. The van der Waals surface area contributed by atoms with Gasteiger partial charge in [0.1, 0.15) is 9.84 Å². The molecule has 0 radical (unpaired) electrons. The van der Waals surface area contributed by atoms with Crippen molar-refractivity contribution in [3.8, 4) is 0 Å². The van der Waals surface area contributed by atoms with Gasteiger partial charge in [0.15, 0.2) is 0 Å². The predicted molar refractivity (Wildman–Crippen MR) is 113 cm³/mol. The van der Waals surface area contributed by atoms with Crippen LogP contribution in [0.2, 0.25) is 0 Å². The van der Waals surface area contributed by atoms with Crippen molar-refractivity contribution in [2.45, 2.75) is 57.0 Å². The molecule has 3 N–H and O–H groups in total. The summed E-state index contributed by atoms with van der Waals surface area (Å²) < 4.78 is 22.5. The summed E-state index contributed by atoms with van der Waals surface area (Å²) in [5.41, 5.74) is 6.33. The number of nitrogens with zero attached hydrogens (tertiary/aromatic N) is 1. The topological polar surface area (TPSA) is 92.5 Å². The summed E-state index contributed by atoms with van der Waals surface area (Å²) in [4.78, 5) is 14.9. The summed E-state index contributed by atoms with van der Waals surface area (Å²) in [5, 5.41) is 3.26. The lowest BCUT2D eigenvalue weighted by atomic mass is 9.65. The van der Waals surface area contributed by atoms with E-state index < -0.39 is 9.84 Å². The molecule has 1 heterocycles. The van der Waals surface area contributed by atoms with Gasteiger partial charge in [-0.2, -0.15) is 0 Å². The van der Waals surface area contributed by atoms with E-state index in [-0.39, 0.29) is 48.4 Å². The second-order valence-corrected chi connectivity index (χ2v) is 10.7. The van der Waals surface area contributed by atoms with Crippen LogP contribution in [0.1, 0.15) is 44.9 Å². The van der Waals surface area contributed by atoms with Crippen LogP contribution < -0.4 is 11.1 Å². The third-order valence-corrected chi connectivity index (χ3v) is 7.42. The SMILES string of the molecule is CS(=O)(=O)CCN1CCC(NC(=O)C2CC3CCCC(C2)C3N)CC1.Cl.Cl. The number of rotatable bonds is 5. The zero-order valence-corrected chi connectivity index (χ0v) is 18.6. The maximum absolute atomic E-state index is 12.7. The highest BCUT2D eigenvalue weighted by Gasteiger charge is 2.40. The molecule has 1 saturated heterocycles. The van der Waals surface area contributed by atoms with Gasteiger partial charge < -0.3 is 16.0 Å². The Hall–Kier alpha value is -0.0800. The third-order valence-electron chi connectivity index (χ3n) is 6.50. The molecule has 2 saturated carbocycles. The first-order valence-corrected chi connectivity index (χ1v) is 11.8. The van der Waals surface area contributed by atoms with Crippen molar-refractivity contribution in [3.63, 3.8) is 0 Å². The van der Waals surface area contributed by atoms with Crippen LogP contribution in [0.15, 0.2) is 0 Å². The summed E-state index contributed by atoms with van der Waals surface area (Å²) >= 11 is 0. The summed E-state index contributed by atoms with van der Waals surface area (Å²) in [7, 11) is -2.90. The van der Waals surface area contributed by atoms with Crippen molar-refractivity contribution in [2.24, 2.45) is 23.5 Å². The standard InChI is InChI=1S/C18H33N3O3S.2ClH/c1-25(23,24)10-9-21-7-5-16(6-8-21)20-18(22)15-11-13-3-2-4-14(12-15)17(13)19;;/h13-17H,2-12,19H2,1H3,(H,20,22);2*1H. The van der Waals surface area contributed by atoms with E-state index in [0.717, 1.165) is 38.8 Å². The zero-order chi connectivity index (χ0) is 18.0. The number of hydrogen-bond acceptors (Lipinski definition) is 5. The molecule has 0 aromatic rings. The molecule has 0 aromatic heterocycles. The molecule has 2 aliphatic carbocycles. The second kappa shape index (κ2) is 10.6. The van der Waals surface area contributed by atoms with Crippen molar-refractivity contribution >= 4 is 40.6 Å². The quantitative estimate of drug-likeness (QED) is 0.672. The Morgan fingerprint density at radius 3 is 2.15 bits per heavy atom. The van der Waals surface area contributed by atoms with E-state index in [4.69, 9.17) is 5.73 Å². The largest absolute Gasteiger partial charge is 0.353 e. The van der Waals surface area contributed by atoms with Gasteiger partial charge in [-0.05, 0) is 50.4 Å². The normalized spacial score (nSPS) is 32.1. The van der Waals surface area contributed by atoms with Crippen LogP contribution in [0.3, 0.4) is 0 Å². The molecule has 2 bridgehead atoms. The van der Waals surface area contributed by atoms with Crippen molar-refractivity contribution in [1.82, 2.24) is 10.2 Å². The highest BCUT2D eigenvalue weighted by molar-refractivity contribution is 7.90. The molecule has 1 amide bonds. The molecule has 3 rings (SSSR count). The molecule has 0 aromatic carbocycles. The minimum absolute atomic E-state index is 0. The fraction of sp³-hybridized carbons (Fsp3) is 0.944. The molecule has 9 heteroatoms. The van der Waals surface area contributed by atoms with Crippen LogP contribution in [0.4, 0.5) is 0 Å². The van der Waals surface area contributed by atoms with E-state index in [9.17, 15) is 13.2 Å². The number of carbonyl (C=O) groups is 1. The summed E-state index contributed by atoms with van der Waals surface area (Å²) in [6, 6.07) is 0.535. The molecule has 27 heavy (non-hydrogen) atoms. The average molecular weight is 444 g/mol. The fourth-order valence-corrected chi connectivity index (χ4v) is 5.51. The highest BCUT2D eigenvalue weighted by atomic mass is 35.5. The number of likely N-dealkylation sites (tertiary alicyclic amines) is 1. The Morgan fingerprint density at radius 1 is 1.07 bits per heavy atom. The molecular formula is C18H35Cl2N3O3S. The van der Waals surface area contributed by atoms with E-state index in [0.29, 0.717) is 24.4 Å². The van der Waals surface area contributed by atoms with Crippen molar-refractivity contribution < 1.29 is 13.2 Å². The van der Waals surface area contributed by atoms with E-state index >= 15 is 0 Å². The molecule has 2 unspecified atom stereocenters. The lowest BCUT2D eigenvalue weighted by molar-refractivity contribution is -0.129. The van der Waals surface area contributed by atoms with Crippen LogP contribution in [-0.4, -0.2) is 63.0 Å². The van der Waals surface area contributed by atoms with Gasteiger partial charge in [0.25, 0.3) is 0 Å². The van der Waals surface area contributed by atoms with Crippen LogP contribution >= 0.6 is 24.8 Å². The molecule has 1 aliphatic heterocycles. The predicted octanol–water partition coefficient (Wildman–Crippen LogP) is 1.61. The summed E-state index contributed by atoms with van der Waals surface area (Å²) in [5.74, 6) is 1.63. The lowest BCUT2D eigenvalue weighted by Crippen LogP contribution is -2.51. The van der Waals surface area contributed by atoms with Crippen LogP contribution in [0, 0.1) is 17.8 Å². The number of carbonyl (C=O) groups excluding carboxylic acids is 1. The number of sulfone groups is 1. The molecule has 3 fully saturated rings. The van der Waals surface area contributed by atoms with Gasteiger partial charge in [0, 0.05) is 43.9 Å². The van der Waals surface area contributed by atoms with Crippen LogP contribution in [-0.2, 0) is 14.6 Å². The number of piperidine rings is 1. The zero-order valence-electron chi connectivity index (χ0n) is 16.1. The smallest absolute Gasteiger partial charge is 0.223 e. The summed E-state index contributed by atoms with van der Waals surface area (Å²) in [6.45, 7) is 2.33. The Bertz CT molecular complexity index is 568. The monoisotopic (exact) mass is 443 g/mol. The van der Waals surface area contributed by atoms with Gasteiger partial charge in [0.05, 0.1) is 5.75 Å². The van der Waals surface area contributed by atoms with E-state index in [1.165, 1.54) is 25.5 Å². The number of amides is 1. The van der Waals surface area contributed by atoms with Gasteiger partial charge in [-0.1, -0.05) is 6.42 Å². The number of nitrogens with two attached hydrogens (primary N) is 1. The van der Waals surface area contributed by atoms with Crippen molar-refractivity contribution in [3.05, 3.63) is 0 Å². The van der Waals surface area contributed by atoms with Gasteiger partial charge in [0.2, 0.25) is 5.91 Å². The van der Waals surface area contributed by atoms with Gasteiger partial charge in [-0.25, -0.2) is 8.42 Å². The first-order valence-electron chi connectivity index (χ1n) is 9.78. The number of nitrogens with one attached hydrogen (secondary N) is 1. The minimum Gasteiger partial charge on any atom is -0.353 e. The molecule has 2 atom stereocenters. The first kappa shape index (κ1) is 25.0. The summed E-state index contributed by atoms with van der Waals surface area (Å²) in [6.07, 6.45) is 8.64. The molecular weight excluding hydrogens is 409 g/mol. The Balaban J connectivity index is 0.00000182. The number of hydrogen-bond donors (Lipinski definition) is 2. The Kier molecular flexibility index (Phi) is 9.82. The van der Waals surface area contributed by atoms with E-state index in [1.807, 2.05) is 0 Å². The van der Waals surface area contributed by atoms with Gasteiger partial charge >= 0.3 is 0 Å². The number of halogens is 2. The van der Waals surface area contributed by atoms with E-state index in [1.54, 1.807) is 0 Å². The lowest BCUT2D eigenvalue weighted by Gasteiger charge is -2.44. The average Bonchev–Trinajstić information content (AvgIpc) is 2.53. The minimum atomic E-state index is -2.90. The van der Waals surface area contributed by atoms with Gasteiger partial charge in [-0.3, -0.25) is 4.79 Å². The fourth-order valence-electron chi connectivity index (χ4n) is 4.92.